The fourth-order valence-corrected chi connectivity index (χ4v) is 1.56. The van der Waals surface area contributed by atoms with Crippen LogP contribution in [0, 0.1) is 0 Å². The molecule has 0 heterocycles. The zero-order valence-corrected chi connectivity index (χ0v) is 11.7. The molecule has 0 N–H and O–H groups in total. The Morgan fingerprint density at radius 2 is 1.94 bits per heavy atom. The maximum Gasteiger partial charge on any atom is 0.120 e. The van der Waals surface area contributed by atoms with Crippen LogP contribution in [0.2, 0.25) is 0 Å². The van der Waals surface area contributed by atoms with Crippen LogP contribution in [0.25, 0.3) is 0 Å². The Morgan fingerprint density at radius 1 is 1.19 bits per heavy atom. The molecule has 0 saturated carbocycles. The summed E-state index contributed by atoms with van der Waals surface area (Å²) in [7, 11) is 0. The second kappa shape index (κ2) is 6.26. The van der Waals surface area contributed by atoms with Gasteiger partial charge in [0.05, 0.1) is 18.8 Å². The van der Waals surface area contributed by atoms with Crippen LogP contribution in [0.4, 0.5) is 0 Å². The molecule has 2 nitrogen and oxygen atoms in total. The van der Waals surface area contributed by atoms with Crippen molar-refractivity contribution < 1.29 is 9.47 Å². The molecule has 0 amide bonds. The van der Waals surface area contributed by atoms with Gasteiger partial charge in [-0.15, -0.1) is 0 Å². The second-order valence-electron chi connectivity index (χ2n) is 4.62. The van der Waals surface area contributed by atoms with Crippen LogP contribution in [-0.2, 0) is 4.74 Å². The summed E-state index contributed by atoms with van der Waals surface area (Å²) < 4.78 is 12.2. The van der Waals surface area contributed by atoms with Gasteiger partial charge < -0.3 is 9.47 Å². The first-order chi connectivity index (χ1) is 7.47. The Bertz CT molecular complexity index is 318. The van der Waals surface area contributed by atoms with Crippen molar-refractivity contribution in [3.8, 4) is 5.75 Å². The van der Waals surface area contributed by atoms with E-state index in [1.54, 1.807) is 0 Å². The lowest BCUT2D eigenvalue weighted by Gasteiger charge is -2.19. The molecule has 0 bridgehead atoms. The average Bonchev–Trinajstić information content (AvgIpc) is 2.15. The van der Waals surface area contributed by atoms with Crippen LogP contribution < -0.4 is 4.74 Å². The molecule has 0 saturated heterocycles. The predicted molar refractivity (Wildman–Crippen MR) is 70.0 cm³/mol. The van der Waals surface area contributed by atoms with Crippen molar-refractivity contribution in [2.75, 3.05) is 13.2 Å². The summed E-state index contributed by atoms with van der Waals surface area (Å²) in [6.07, 6.45) is 0.907. The molecular weight excluding hydrogens is 268 g/mol. The largest absolute Gasteiger partial charge is 0.493 e. The molecule has 0 atom stereocenters. The van der Waals surface area contributed by atoms with E-state index in [9.17, 15) is 0 Å². The molecule has 0 fully saturated rings. The maximum atomic E-state index is 5.60. The highest BCUT2D eigenvalue weighted by molar-refractivity contribution is 9.10. The van der Waals surface area contributed by atoms with Crippen molar-refractivity contribution in [3.05, 3.63) is 28.7 Å². The zero-order chi connectivity index (χ0) is 12.0. The third-order valence-electron chi connectivity index (χ3n) is 1.89. The quantitative estimate of drug-likeness (QED) is 0.761. The van der Waals surface area contributed by atoms with E-state index < -0.39 is 0 Å². The van der Waals surface area contributed by atoms with Gasteiger partial charge in [0.15, 0.2) is 0 Å². The number of benzene rings is 1. The van der Waals surface area contributed by atoms with Crippen LogP contribution in [-0.4, -0.2) is 18.8 Å². The van der Waals surface area contributed by atoms with E-state index in [-0.39, 0.29) is 5.60 Å². The molecule has 0 spiro atoms. The fourth-order valence-electron chi connectivity index (χ4n) is 1.18. The molecule has 1 aromatic rings. The number of hydrogen-bond donors (Lipinski definition) is 0. The van der Waals surface area contributed by atoms with Gasteiger partial charge in [-0.05, 0) is 39.0 Å². The van der Waals surface area contributed by atoms with Crippen molar-refractivity contribution in [2.24, 2.45) is 0 Å². The smallest absolute Gasteiger partial charge is 0.120 e. The van der Waals surface area contributed by atoms with Crippen LogP contribution in [0.1, 0.15) is 27.2 Å². The second-order valence-corrected chi connectivity index (χ2v) is 5.54. The molecule has 0 radical (unpaired) electrons. The number of hydrogen-bond acceptors (Lipinski definition) is 2. The van der Waals surface area contributed by atoms with Gasteiger partial charge in [-0.3, -0.25) is 0 Å². The molecule has 0 aliphatic carbocycles. The summed E-state index contributed by atoms with van der Waals surface area (Å²) >= 11 is 3.41. The summed E-state index contributed by atoms with van der Waals surface area (Å²) in [6.45, 7) is 7.59. The molecule has 0 aliphatic rings. The molecule has 0 unspecified atom stereocenters. The first-order valence-electron chi connectivity index (χ1n) is 5.50. The van der Waals surface area contributed by atoms with E-state index >= 15 is 0 Å². The Labute approximate surface area is 106 Å². The van der Waals surface area contributed by atoms with Crippen molar-refractivity contribution in [1.82, 2.24) is 0 Å². The Kier molecular flexibility index (Phi) is 5.29. The van der Waals surface area contributed by atoms with Gasteiger partial charge in [0, 0.05) is 10.9 Å². The first kappa shape index (κ1) is 13.5. The summed E-state index contributed by atoms with van der Waals surface area (Å²) in [5, 5.41) is 0. The summed E-state index contributed by atoms with van der Waals surface area (Å²) in [6, 6.07) is 7.86. The Morgan fingerprint density at radius 3 is 2.56 bits per heavy atom. The lowest BCUT2D eigenvalue weighted by molar-refractivity contribution is -0.00768. The Balaban J connectivity index is 2.17. The SMILES string of the molecule is CC(C)(C)OCCCOc1cccc(Br)c1. The number of rotatable bonds is 5. The molecule has 1 aromatic carbocycles. The summed E-state index contributed by atoms with van der Waals surface area (Å²) in [4.78, 5) is 0. The highest BCUT2D eigenvalue weighted by Crippen LogP contribution is 2.17. The highest BCUT2D eigenvalue weighted by Gasteiger charge is 2.08. The van der Waals surface area contributed by atoms with Gasteiger partial charge >= 0.3 is 0 Å². The van der Waals surface area contributed by atoms with Crippen LogP contribution in [0.3, 0.4) is 0 Å². The minimum Gasteiger partial charge on any atom is -0.493 e. The maximum absolute atomic E-state index is 5.60. The third kappa shape index (κ3) is 6.13. The fraction of sp³-hybridized carbons (Fsp3) is 0.538. The first-order valence-corrected chi connectivity index (χ1v) is 6.29. The van der Waals surface area contributed by atoms with Gasteiger partial charge in [-0.2, -0.15) is 0 Å². The Hall–Kier alpha value is -0.540. The van der Waals surface area contributed by atoms with Gasteiger partial charge in [0.2, 0.25) is 0 Å². The van der Waals surface area contributed by atoms with E-state index in [2.05, 4.69) is 36.7 Å². The van der Waals surface area contributed by atoms with E-state index in [0.717, 1.165) is 23.2 Å². The lowest BCUT2D eigenvalue weighted by atomic mass is 10.2. The van der Waals surface area contributed by atoms with Crippen molar-refractivity contribution >= 4 is 15.9 Å². The third-order valence-corrected chi connectivity index (χ3v) is 2.38. The molecular formula is C13H19BrO2. The van der Waals surface area contributed by atoms with Crippen LogP contribution in [0.5, 0.6) is 5.75 Å². The molecule has 3 heteroatoms. The monoisotopic (exact) mass is 286 g/mol. The van der Waals surface area contributed by atoms with Crippen molar-refractivity contribution in [3.63, 3.8) is 0 Å². The van der Waals surface area contributed by atoms with E-state index in [1.165, 1.54) is 0 Å². The molecule has 0 aliphatic heterocycles. The van der Waals surface area contributed by atoms with Gasteiger partial charge in [0.25, 0.3) is 0 Å². The van der Waals surface area contributed by atoms with E-state index in [1.807, 2.05) is 24.3 Å². The molecule has 0 aromatic heterocycles. The van der Waals surface area contributed by atoms with Crippen LogP contribution >= 0.6 is 15.9 Å². The highest BCUT2D eigenvalue weighted by atomic mass is 79.9. The average molecular weight is 287 g/mol. The number of halogens is 1. The molecule has 16 heavy (non-hydrogen) atoms. The van der Waals surface area contributed by atoms with Crippen LogP contribution in [0.15, 0.2) is 28.7 Å². The molecule has 1 rings (SSSR count). The number of ether oxygens (including phenoxy) is 2. The van der Waals surface area contributed by atoms with Gasteiger partial charge in [-0.1, -0.05) is 22.0 Å². The summed E-state index contributed by atoms with van der Waals surface area (Å²) in [5.74, 6) is 0.894. The van der Waals surface area contributed by atoms with Gasteiger partial charge in [-0.25, -0.2) is 0 Å². The van der Waals surface area contributed by atoms with E-state index in [0.29, 0.717) is 6.61 Å². The standard InChI is InChI=1S/C13H19BrO2/c1-13(2,3)16-9-5-8-15-12-7-4-6-11(14)10-12/h4,6-7,10H,5,8-9H2,1-3H3. The predicted octanol–water partition coefficient (Wildman–Crippen LogP) is 4.03. The van der Waals surface area contributed by atoms with Gasteiger partial charge in [0.1, 0.15) is 5.75 Å². The van der Waals surface area contributed by atoms with Crippen molar-refractivity contribution in [1.29, 1.82) is 0 Å². The molecule has 90 valence electrons. The van der Waals surface area contributed by atoms with Crippen molar-refractivity contribution in [2.45, 2.75) is 32.8 Å². The topological polar surface area (TPSA) is 18.5 Å². The minimum absolute atomic E-state index is 0.0597. The summed E-state index contributed by atoms with van der Waals surface area (Å²) in [5.41, 5.74) is -0.0597. The normalized spacial score (nSPS) is 11.5. The lowest BCUT2D eigenvalue weighted by Crippen LogP contribution is -2.20. The van der Waals surface area contributed by atoms with E-state index in [4.69, 9.17) is 9.47 Å². The minimum atomic E-state index is -0.0597. The zero-order valence-electron chi connectivity index (χ0n) is 10.1.